The van der Waals surface area contributed by atoms with Crippen molar-refractivity contribution >= 4 is 0 Å². The lowest BCUT2D eigenvalue weighted by Gasteiger charge is -2.25. The van der Waals surface area contributed by atoms with E-state index in [1.54, 1.807) is 0 Å². The lowest BCUT2D eigenvalue weighted by molar-refractivity contribution is 0.102. The van der Waals surface area contributed by atoms with Crippen molar-refractivity contribution in [2.75, 3.05) is 32.8 Å². The number of ether oxygens (including phenoxy) is 1. The van der Waals surface area contributed by atoms with Gasteiger partial charge in [-0.25, -0.2) is 0 Å². The fourth-order valence-electron chi connectivity index (χ4n) is 1.12. The second-order valence-corrected chi connectivity index (χ2v) is 3.12. The summed E-state index contributed by atoms with van der Waals surface area (Å²) in [4.78, 5) is 2.33. The zero-order chi connectivity index (χ0) is 9.40. The van der Waals surface area contributed by atoms with Crippen LogP contribution in [0.15, 0.2) is 0 Å². The van der Waals surface area contributed by atoms with Crippen molar-refractivity contribution < 1.29 is 4.74 Å². The van der Waals surface area contributed by atoms with E-state index >= 15 is 0 Å². The number of hydrogen-bond donors (Lipinski definition) is 1. The van der Waals surface area contributed by atoms with Gasteiger partial charge in [0.25, 0.3) is 0 Å². The third-order valence-corrected chi connectivity index (χ3v) is 1.87. The Morgan fingerprint density at radius 1 is 1.33 bits per heavy atom. The molecule has 0 saturated carbocycles. The number of nitrogens with two attached hydrogens (primary N) is 1. The van der Waals surface area contributed by atoms with Crippen LogP contribution in [0.3, 0.4) is 0 Å². The minimum absolute atomic E-state index is 0.564. The van der Waals surface area contributed by atoms with Gasteiger partial charge in [0.2, 0.25) is 0 Å². The summed E-state index contributed by atoms with van der Waals surface area (Å²) in [5.74, 6) is 0. The molecule has 0 aliphatic heterocycles. The van der Waals surface area contributed by atoms with Crippen LogP contribution in [0.1, 0.15) is 20.8 Å². The van der Waals surface area contributed by atoms with Crippen LogP contribution < -0.4 is 5.73 Å². The summed E-state index contributed by atoms with van der Waals surface area (Å²) in [5, 5.41) is 0. The highest BCUT2D eigenvalue weighted by Gasteiger charge is 2.06. The highest BCUT2D eigenvalue weighted by atomic mass is 16.5. The molecule has 0 unspecified atom stereocenters. The molecule has 3 nitrogen and oxygen atoms in total. The summed E-state index contributed by atoms with van der Waals surface area (Å²) in [6.07, 6.45) is 0. The van der Waals surface area contributed by atoms with Crippen molar-refractivity contribution in [3.8, 4) is 0 Å². The number of nitrogens with zero attached hydrogens (tertiary/aromatic N) is 1. The first kappa shape index (κ1) is 11.9. The van der Waals surface area contributed by atoms with Gasteiger partial charge in [-0.1, -0.05) is 0 Å². The van der Waals surface area contributed by atoms with Gasteiger partial charge in [-0.05, 0) is 20.8 Å². The van der Waals surface area contributed by atoms with Gasteiger partial charge in [-0.15, -0.1) is 0 Å². The van der Waals surface area contributed by atoms with Crippen LogP contribution in [0.4, 0.5) is 0 Å². The quantitative estimate of drug-likeness (QED) is 0.577. The average molecular weight is 174 g/mol. The van der Waals surface area contributed by atoms with Crippen molar-refractivity contribution in [2.24, 2.45) is 5.73 Å². The monoisotopic (exact) mass is 174 g/mol. The molecule has 2 N–H and O–H groups in total. The van der Waals surface area contributed by atoms with Gasteiger partial charge in [0.05, 0.1) is 6.61 Å². The Labute approximate surface area is 75.9 Å². The first-order valence-electron chi connectivity index (χ1n) is 4.74. The van der Waals surface area contributed by atoms with Crippen LogP contribution in [0.2, 0.25) is 0 Å². The molecule has 0 aliphatic carbocycles. The fourth-order valence-corrected chi connectivity index (χ4v) is 1.12. The van der Waals surface area contributed by atoms with Crippen LogP contribution in [0.25, 0.3) is 0 Å². The number of rotatable bonds is 7. The van der Waals surface area contributed by atoms with Crippen molar-refractivity contribution in [2.45, 2.75) is 26.8 Å². The van der Waals surface area contributed by atoms with E-state index in [-0.39, 0.29) is 0 Å². The first-order chi connectivity index (χ1) is 5.72. The maximum atomic E-state index is 5.49. The lowest BCUT2D eigenvalue weighted by atomic mass is 10.3. The molecule has 0 aromatic heterocycles. The normalized spacial score (nSPS) is 11.5. The van der Waals surface area contributed by atoms with Gasteiger partial charge in [0.15, 0.2) is 0 Å². The van der Waals surface area contributed by atoms with Crippen LogP contribution in [0, 0.1) is 0 Å². The molecule has 0 amide bonds. The predicted molar refractivity (Wildman–Crippen MR) is 52.3 cm³/mol. The first-order valence-corrected chi connectivity index (χ1v) is 4.74. The maximum absolute atomic E-state index is 5.49. The molecule has 0 radical (unpaired) electrons. The van der Waals surface area contributed by atoms with Gasteiger partial charge in [0.1, 0.15) is 0 Å². The van der Waals surface area contributed by atoms with Crippen LogP contribution >= 0.6 is 0 Å². The summed E-state index contributed by atoms with van der Waals surface area (Å²) in [5.41, 5.74) is 5.49. The molecule has 0 aromatic rings. The maximum Gasteiger partial charge on any atom is 0.0593 e. The SMILES string of the molecule is CCOCCN(CCN)C(C)C. The third-order valence-electron chi connectivity index (χ3n) is 1.87. The van der Waals surface area contributed by atoms with E-state index in [1.165, 1.54) is 0 Å². The summed E-state index contributed by atoms with van der Waals surface area (Å²) in [6.45, 7) is 10.7. The van der Waals surface area contributed by atoms with E-state index in [9.17, 15) is 0 Å². The summed E-state index contributed by atoms with van der Waals surface area (Å²) < 4.78 is 5.28. The summed E-state index contributed by atoms with van der Waals surface area (Å²) in [7, 11) is 0. The molecule has 0 spiro atoms. The largest absolute Gasteiger partial charge is 0.380 e. The minimum Gasteiger partial charge on any atom is -0.380 e. The molecule has 0 atom stereocenters. The Hall–Kier alpha value is -0.120. The second kappa shape index (κ2) is 7.53. The zero-order valence-electron chi connectivity index (χ0n) is 8.55. The van der Waals surface area contributed by atoms with Crippen molar-refractivity contribution in [1.82, 2.24) is 4.90 Å². The summed E-state index contributed by atoms with van der Waals surface area (Å²) >= 11 is 0. The average Bonchev–Trinajstić information content (AvgIpc) is 2.03. The van der Waals surface area contributed by atoms with Crippen LogP contribution in [-0.2, 0) is 4.74 Å². The molecule has 0 aromatic carbocycles. The van der Waals surface area contributed by atoms with Crippen LogP contribution in [-0.4, -0.2) is 43.8 Å². The second-order valence-electron chi connectivity index (χ2n) is 3.12. The lowest BCUT2D eigenvalue weighted by Crippen LogP contribution is -2.37. The zero-order valence-corrected chi connectivity index (χ0v) is 8.55. The smallest absolute Gasteiger partial charge is 0.0593 e. The molecule has 0 aliphatic rings. The highest BCUT2D eigenvalue weighted by molar-refractivity contribution is 4.62. The van der Waals surface area contributed by atoms with E-state index in [2.05, 4.69) is 18.7 Å². The third kappa shape index (κ3) is 5.52. The van der Waals surface area contributed by atoms with Gasteiger partial charge in [-0.2, -0.15) is 0 Å². The molecule has 0 fully saturated rings. The molecular formula is C9H22N2O. The highest BCUT2D eigenvalue weighted by Crippen LogP contribution is 1.95. The molecule has 12 heavy (non-hydrogen) atoms. The Balaban J connectivity index is 3.49. The molecular weight excluding hydrogens is 152 g/mol. The van der Waals surface area contributed by atoms with Crippen molar-refractivity contribution in [3.05, 3.63) is 0 Å². The van der Waals surface area contributed by atoms with Crippen LogP contribution in [0.5, 0.6) is 0 Å². The molecule has 0 saturated heterocycles. The van der Waals surface area contributed by atoms with Gasteiger partial charge in [-0.3, -0.25) is 4.90 Å². The predicted octanol–water partition coefficient (Wildman–Crippen LogP) is 0.692. The van der Waals surface area contributed by atoms with Crippen molar-refractivity contribution in [3.63, 3.8) is 0 Å². The Bertz CT molecular complexity index is 96.5. The Morgan fingerprint density at radius 3 is 2.42 bits per heavy atom. The van der Waals surface area contributed by atoms with E-state index in [0.29, 0.717) is 6.04 Å². The Kier molecular flexibility index (Phi) is 7.45. The van der Waals surface area contributed by atoms with E-state index < -0.39 is 0 Å². The summed E-state index contributed by atoms with van der Waals surface area (Å²) in [6, 6.07) is 0.564. The van der Waals surface area contributed by atoms with E-state index in [0.717, 1.165) is 32.8 Å². The molecule has 0 bridgehead atoms. The molecule has 74 valence electrons. The fraction of sp³-hybridized carbons (Fsp3) is 1.00. The molecule has 3 heteroatoms. The van der Waals surface area contributed by atoms with Crippen molar-refractivity contribution in [1.29, 1.82) is 0 Å². The van der Waals surface area contributed by atoms with E-state index in [4.69, 9.17) is 10.5 Å². The van der Waals surface area contributed by atoms with Gasteiger partial charge in [0, 0.05) is 32.3 Å². The molecule has 0 rings (SSSR count). The van der Waals surface area contributed by atoms with Gasteiger partial charge >= 0.3 is 0 Å². The number of hydrogen-bond acceptors (Lipinski definition) is 3. The standard InChI is InChI=1S/C9H22N2O/c1-4-12-8-7-11(6-5-10)9(2)3/h9H,4-8,10H2,1-3H3. The minimum atomic E-state index is 0.564. The van der Waals surface area contributed by atoms with Gasteiger partial charge < -0.3 is 10.5 Å². The molecule has 0 heterocycles. The Morgan fingerprint density at radius 2 is 2.00 bits per heavy atom. The van der Waals surface area contributed by atoms with E-state index in [1.807, 2.05) is 6.92 Å². The topological polar surface area (TPSA) is 38.5 Å².